The van der Waals surface area contributed by atoms with Crippen molar-refractivity contribution in [3.63, 3.8) is 0 Å². The largest absolute Gasteiger partial charge is 0.379 e. The SMILES string of the molecule is CCC(CC)C1CN=C(NC2CCOC2)S1. The zero-order valence-electron chi connectivity index (χ0n) is 10.2. The van der Waals surface area contributed by atoms with Crippen molar-refractivity contribution in [3.8, 4) is 0 Å². The molecule has 2 atom stereocenters. The topological polar surface area (TPSA) is 33.6 Å². The Balaban J connectivity index is 1.77. The third-order valence-corrected chi connectivity index (χ3v) is 4.82. The van der Waals surface area contributed by atoms with Crippen molar-refractivity contribution >= 4 is 16.9 Å². The van der Waals surface area contributed by atoms with E-state index in [1.165, 1.54) is 12.8 Å². The third-order valence-electron chi connectivity index (χ3n) is 3.51. The van der Waals surface area contributed by atoms with Crippen LogP contribution in [0.3, 0.4) is 0 Å². The molecule has 2 aliphatic rings. The van der Waals surface area contributed by atoms with Gasteiger partial charge in [0.05, 0.1) is 19.2 Å². The zero-order valence-corrected chi connectivity index (χ0v) is 11.1. The molecule has 0 bridgehead atoms. The molecule has 2 aliphatic heterocycles. The number of hydrogen-bond acceptors (Lipinski definition) is 4. The third kappa shape index (κ3) is 2.92. The summed E-state index contributed by atoms with van der Waals surface area (Å²) in [5, 5.41) is 5.34. The molecule has 0 aromatic rings. The molecular weight excluding hydrogens is 220 g/mol. The van der Waals surface area contributed by atoms with Gasteiger partial charge in [0.15, 0.2) is 5.17 Å². The van der Waals surface area contributed by atoms with Crippen LogP contribution in [0.4, 0.5) is 0 Å². The number of thioether (sulfide) groups is 1. The van der Waals surface area contributed by atoms with Gasteiger partial charge in [0.2, 0.25) is 0 Å². The molecule has 0 aromatic carbocycles. The van der Waals surface area contributed by atoms with Gasteiger partial charge < -0.3 is 10.1 Å². The van der Waals surface area contributed by atoms with E-state index in [-0.39, 0.29) is 0 Å². The molecule has 2 rings (SSSR count). The van der Waals surface area contributed by atoms with E-state index < -0.39 is 0 Å². The molecule has 0 saturated carbocycles. The summed E-state index contributed by atoms with van der Waals surface area (Å²) < 4.78 is 5.36. The Morgan fingerprint density at radius 3 is 2.94 bits per heavy atom. The fourth-order valence-corrected chi connectivity index (χ4v) is 3.75. The summed E-state index contributed by atoms with van der Waals surface area (Å²) >= 11 is 1.94. The smallest absolute Gasteiger partial charge is 0.157 e. The molecule has 2 unspecified atom stereocenters. The minimum absolute atomic E-state index is 0.492. The van der Waals surface area contributed by atoms with Crippen molar-refractivity contribution < 1.29 is 4.74 Å². The van der Waals surface area contributed by atoms with Crippen LogP contribution >= 0.6 is 11.8 Å². The van der Waals surface area contributed by atoms with Gasteiger partial charge in [-0.05, 0) is 12.3 Å². The zero-order chi connectivity index (χ0) is 11.4. The molecule has 4 heteroatoms. The van der Waals surface area contributed by atoms with E-state index in [9.17, 15) is 0 Å². The maximum absolute atomic E-state index is 5.36. The van der Waals surface area contributed by atoms with Gasteiger partial charge in [-0.2, -0.15) is 0 Å². The number of amidine groups is 1. The van der Waals surface area contributed by atoms with Crippen LogP contribution in [0.1, 0.15) is 33.1 Å². The highest BCUT2D eigenvalue weighted by Crippen LogP contribution is 2.30. The van der Waals surface area contributed by atoms with Crippen LogP contribution in [-0.2, 0) is 4.74 Å². The molecule has 3 nitrogen and oxygen atoms in total. The Kier molecular flexibility index (Phi) is 4.53. The summed E-state index contributed by atoms with van der Waals surface area (Å²) in [6.07, 6.45) is 3.66. The summed E-state index contributed by atoms with van der Waals surface area (Å²) in [5.74, 6) is 0.813. The van der Waals surface area contributed by atoms with Gasteiger partial charge in [0.25, 0.3) is 0 Å². The molecule has 2 heterocycles. The van der Waals surface area contributed by atoms with Crippen LogP contribution in [0.5, 0.6) is 0 Å². The van der Waals surface area contributed by atoms with Gasteiger partial charge in [-0.15, -0.1) is 0 Å². The van der Waals surface area contributed by atoms with Crippen molar-refractivity contribution in [2.75, 3.05) is 19.8 Å². The molecule has 1 saturated heterocycles. The van der Waals surface area contributed by atoms with E-state index in [1.807, 2.05) is 11.8 Å². The molecule has 1 N–H and O–H groups in total. The van der Waals surface area contributed by atoms with Gasteiger partial charge in [0, 0.05) is 11.9 Å². The Morgan fingerprint density at radius 1 is 1.50 bits per heavy atom. The number of hydrogen-bond donors (Lipinski definition) is 1. The number of aliphatic imine (C=N–C) groups is 1. The van der Waals surface area contributed by atoms with Crippen LogP contribution in [-0.4, -0.2) is 36.2 Å². The van der Waals surface area contributed by atoms with Crippen LogP contribution in [0, 0.1) is 5.92 Å². The second-order valence-electron chi connectivity index (χ2n) is 4.58. The average molecular weight is 242 g/mol. The van der Waals surface area contributed by atoms with E-state index >= 15 is 0 Å². The molecule has 0 aromatic heterocycles. The van der Waals surface area contributed by atoms with Gasteiger partial charge in [-0.1, -0.05) is 38.5 Å². The van der Waals surface area contributed by atoms with Gasteiger partial charge in [-0.25, -0.2) is 0 Å². The molecule has 0 amide bonds. The predicted molar refractivity (Wildman–Crippen MR) is 70.1 cm³/mol. The maximum Gasteiger partial charge on any atom is 0.157 e. The van der Waals surface area contributed by atoms with E-state index in [4.69, 9.17) is 4.74 Å². The standard InChI is InChI=1S/C12H22N2OS/c1-3-9(4-2)11-7-13-12(16-11)14-10-5-6-15-8-10/h9-11H,3-8H2,1-2H3,(H,13,14). The Labute approximate surface area is 102 Å². The Bertz CT molecular complexity index is 247. The second kappa shape index (κ2) is 5.92. The van der Waals surface area contributed by atoms with Gasteiger partial charge >= 0.3 is 0 Å². The quantitative estimate of drug-likeness (QED) is 0.821. The van der Waals surface area contributed by atoms with Crippen LogP contribution < -0.4 is 5.32 Å². The van der Waals surface area contributed by atoms with E-state index in [0.717, 1.165) is 37.3 Å². The summed E-state index contributed by atoms with van der Waals surface area (Å²) in [5.41, 5.74) is 0. The molecular formula is C12H22N2OS. The highest BCUT2D eigenvalue weighted by atomic mass is 32.2. The van der Waals surface area contributed by atoms with Crippen molar-refractivity contribution in [1.29, 1.82) is 0 Å². The number of nitrogens with zero attached hydrogens (tertiary/aromatic N) is 1. The lowest BCUT2D eigenvalue weighted by molar-refractivity contribution is 0.192. The fraction of sp³-hybridized carbons (Fsp3) is 0.917. The minimum atomic E-state index is 0.492. The first-order chi connectivity index (χ1) is 7.83. The van der Waals surface area contributed by atoms with E-state index in [1.54, 1.807) is 0 Å². The van der Waals surface area contributed by atoms with Crippen molar-refractivity contribution in [1.82, 2.24) is 5.32 Å². The van der Waals surface area contributed by atoms with Crippen LogP contribution in [0.15, 0.2) is 4.99 Å². The number of nitrogens with one attached hydrogen (secondary N) is 1. The Hall–Kier alpha value is -0.220. The molecule has 0 aliphatic carbocycles. The molecule has 0 spiro atoms. The molecule has 92 valence electrons. The summed E-state index contributed by atoms with van der Waals surface area (Å²) in [7, 11) is 0. The second-order valence-corrected chi connectivity index (χ2v) is 5.81. The van der Waals surface area contributed by atoms with E-state index in [2.05, 4.69) is 24.2 Å². The Morgan fingerprint density at radius 2 is 2.31 bits per heavy atom. The van der Waals surface area contributed by atoms with Crippen molar-refractivity contribution in [2.24, 2.45) is 10.9 Å². The summed E-state index contributed by atoms with van der Waals surface area (Å²) in [4.78, 5) is 4.61. The lowest BCUT2D eigenvalue weighted by atomic mass is 9.99. The summed E-state index contributed by atoms with van der Waals surface area (Å²) in [6.45, 7) is 7.30. The van der Waals surface area contributed by atoms with Crippen LogP contribution in [0.25, 0.3) is 0 Å². The minimum Gasteiger partial charge on any atom is -0.379 e. The maximum atomic E-state index is 5.36. The number of rotatable bonds is 4. The monoisotopic (exact) mass is 242 g/mol. The van der Waals surface area contributed by atoms with Crippen LogP contribution in [0.2, 0.25) is 0 Å². The first-order valence-corrected chi connectivity index (χ1v) is 7.26. The van der Waals surface area contributed by atoms with Crippen molar-refractivity contribution in [3.05, 3.63) is 0 Å². The van der Waals surface area contributed by atoms with Gasteiger partial charge in [0.1, 0.15) is 0 Å². The highest BCUT2D eigenvalue weighted by Gasteiger charge is 2.27. The first kappa shape index (κ1) is 12.2. The number of ether oxygens (including phenoxy) is 1. The van der Waals surface area contributed by atoms with Crippen molar-refractivity contribution in [2.45, 2.75) is 44.4 Å². The molecule has 1 fully saturated rings. The lowest BCUT2D eigenvalue weighted by Crippen LogP contribution is -2.33. The van der Waals surface area contributed by atoms with Gasteiger partial charge in [-0.3, -0.25) is 4.99 Å². The van der Waals surface area contributed by atoms with E-state index in [0.29, 0.717) is 11.3 Å². The first-order valence-electron chi connectivity index (χ1n) is 6.38. The average Bonchev–Trinajstić information content (AvgIpc) is 2.93. The normalized spacial score (nSPS) is 29.8. The highest BCUT2D eigenvalue weighted by molar-refractivity contribution is 8.14. The molecule has 0 radical (unpaired) electrons. The fourth-order valence-electron chi connectivity index (χ4n) is 2.35. The molecule has 16 heavy (non-hydrogen) atoms. The lowest BCUT2D eigenvalue weighted by Gasteiger charge is -2.19. The summed E-state index contributed by atoms with van der Waals surface area (Å²) in [6, 6.07) is 0.492. The predicted octanol–water partition coefficient (Wildman–Crippen LogP) is 2.27.